The fourth-order valence-electron chi connectivity index (χ4n) is 2.04. The number of hydrogen-bond acceptors (Lipinski definition) is 4. The van der Waals surface area contributed by atoms with E-state index in [4.69, 9.17) is 27.9 Å². The maximum Gasteiger partial charge on any atom is 0.179 e. The molecule has 6 heteroatoms. The smallest absolute Gasteiger partial charge is 0.179 e. The maximum absolute atomic E-state index is 12.2. The van der Waals surface area contributed by atoms with Crippen molar-refractivity contribution in [3.05, 3.63) is 50.1 Å². The molecule has 21 heavy (non-hydrogen) atoms. The molecule has 0 radical (unpaired) electrons. The van der Waals surface area contributed by atoms with E-state index in [-0.39, 0.29) is 12.3 Å². The molecule has 2 aromatic rings. The van der Waals surface area contributed by atoms with Gasteiger partial charge in [0.2, 0.25) is 0 Å². The molecular formula is C15H15Cl2NO2S. The van der Waals surface area contributed by atoms with Crippen molar-refractivity contribution in [1.29, 1.82) is 0 Å². The van der Waals surface area contributed by atoms with Crippen LogP contribution in [-0.2, 0) is 6.54 Å². The highest BCUT2D eigenvalue weighted by molar-refractivity contribution is 7.20. The van der Waals surface area contributed by atoms with Crippen molar-refractivity contribution in [1.82, 2.24) is 4.90 Å². The lowest BCUT2D eigenvalue weighted by molar-refractivity contribution is 0.0943. The summed E-state index contributed by atoms with van der Waals surface area (Å²) in [7, 11) is 3.52. The van der Waals surface area contributed by atoms with Gasteiger partial charge in [0.05, 0.1) is 23.6 Å². The Bertz CT molecular complexity index is 642. The molecule has 0 fully saturated rings. The van der Waals surface area contributed by atoms with E-state index in [9.17, 15) is 4.79 Å². The molecule has 1 aromatic heterocycles. The molecule has 0 bridgehead atoms. The molecule has 1 heterocycles. The van der Waals surface area contributed by atoms with Gasteiger partial charge in [-0.3, -0.25) is 9.69 Å². The van der Waals surface area contributed by atoms with Crippen LogP contribution in [0.25, 0.3) is 0 Å². The highest BCUT2D eigenvalue weighted by atomic mass is 35.5. The van der Waals surface area contributed by atoms with Crippen LogP contribution < -0.4 is 4.74 Å². The van der Waals surface area contributed by atoms with Crippen LogP contribution in [0.5, 0.6) is 5.75 Å². The summed E-state index contributed by atoms with van der Waals surface area (Å²) in [6.07, 6.45) is 0. The third-order valence-corrected chi connectivity index (χ3v) is 4.49. The largest absolute Gasteiger partial charge is 0.496 e. The number of thiophene rings is 1. The first-order valence-electron chi connectivity index (χ1n) is 6.29. The number of carbonyl (C=O) groups is 1. The van der Waals surface area contributed by atoms with E-state index in [2.05, 4.69) is 0 Å². The fraction of sp³-hybridized carbons (Fsp3) is 0.267. The minimum Gasteiger partial charge on any atom is -0.496 e. The normalized spacial score (nSPS) is 10.9. The number of nitrogens with zero attached hydrogens (tertiary/aromatic N) is 1. The van der Waals surface area contributed by atoms with Gasteiger partial charge in [0.1, 0.15) is 10.1 Å². The van der Waals surface area contributed by atoms with Crippen LogP contribution >= 0.6 is 34.5 Å². The zero-order valence-electron chi connectivity index (χ0n) is 11.7. The summed E-state index contributed by atoms with van der Waals surface area (Å²) >= 11 is 13.1. The molecule has 0 N–H and O–H groups in total. The number of Topliss-reactive ketones (excluding diaryl/α,β-unsaturated/α-hetero) is 1. The zero-order valence-corrected chi connectivity index (χ0v) is 14.1. The number of halogens is 2. The molecule has 0 aliphatic rings. The lowest BCUT2D eigenvalue weighted by atomic mass is 10.1. The summed E-state index contributed by atoms with van der Waals surface area (Å²) in [5, 5.41) is 0. The van der Waals surface area contributed by atoms with E-state index in [0.717, 1.165) is 11.3 Å². The average Bonchev–Trinajstić information content (AvgIpc) is 2.78. The van der Waals surface area contributed by atoms with Crippen molar-refractivity contribution in [3.8, 4) is 5.75 Å². The van der Waals surface area contributed by atoms with Crippen molar-refractivity contribution >= 4 is 40.3 Å². The number of hydrogen-bond donors (Lipinski definition) is 0. The van der Waals surface area contributed by atoms with Gasteiger partial charge in [-0.05, 0) is 19.2 Å². The van der Waals surface area contributed by atoms with Crippen molar-refractivity contribution in [2.75, 3.05) is 20.7 Å². The Hall–Kier alpha value is -1.07. The quantitative estimate of drug-likeness (QED) is 0.729. The van der Waals surface area contributed by atoms with Crippen LogP contribution in [-0.4, -0.2) is 31.4 Å². The standard InChI is InChI=1S/C15H15Cl2NO2S/c1-18(8-10-5-3-4-6-13(10)20-2)9-12(19)11-7-14(16)21-15(11)17/h3-7H,8-9H2,1-2H3. The molecule has 0 atom stereocenters. The van der Waals surface area contributed by atoms with Gasteiger partial charge in [0.15, 0.2) is 5.78 Å². The molecule has 0 saturated heterocycles. The molecule has 0 aliphatic carbocycles. The third-order valence-electron chi connectivity index (χ3n) is 3.00. The van der Waals surface area contributed by atoms with Gasteiger partial charge < -0.3 is 4.74 Å². The molecule has 1 aromatic carbocycles. The minimum absolute atomic E-state index is 0.0412. The second kappa shape index (κ2) is 7.27. The zero-order chi connectivity index (χ0) is 15.4. The van der Waals surface area contributed by atoms with E-state index in [1.807, 2.05) is 36.2 Å². The SMILES string of the molecule is COc1ccccc1CN(C)CC(=O)c1cc(Cl)sc1Cl. The van der Waals surface area contributed by atoms with Gasteiger partial charge in [-0.2, -0.15) is 0 Å². The number of carbonyl (C=O) groups excluding carboxylic acids is 1. The van der Waals surface area contributed by atoms with Crippen LogP contribution in [0.3, 0.4) is 0 Å². The summed E-state index contributed by atoms with van der Waals surface area (Å²) in [5.41, 5.74) is 1.52. The number of benzene rings is 1. The summed E-state index contributed by atoms with van der Waals surface area (Å²) in [6, 6.07) is 9.37. The topological polar surface area (TPSA) is 29.5 Å². The number of ketones is 1. The predicted molar refractivity (Wildman–Crippen MR) is 88.0 cm³/mol. The Morgan fingerprint density at radius 1 is 1.33 bits per heavy atom. The number of rotatable bonds is 6. The molecule has 0 spiro atoms. The van der Waals surface area contributed by atoms with Crippen LogP contribution in [0, 0.1) is 0 Å². The molecule has 0 aliphatic heterocycles. The first-order chi connectivity index (χ1) is 10.0. The number of ether oxygens (including phenoxy) is 1. The average molecular weight is 344 g/mol. The lowest BCUT2D eigenvalue weighted by Crippen LogP contribution is -2.25. The monoisotopic (exact) mass is 343 g/mol. The molecular weight excluding hydrogens is 329 g/mol. The Kier molecular flexibility index (Phi) is 5.65. The summed E-state index contributed by atoms with van der Waals surface area (Å²) in [5.74, 6) is 0.772. The molecule has 0 unspecified atom stereocenters. The second-order valence-electron chi connectivity index (χ2n) is 4.65. The van der Waals surface area contributed by atoms with Gasteiger partial charge in [-0.25, -0.2) is 0 Å². The lowest BCUT2D eigenvalue weighted by Gasteiger charge is -2.17. The first-order valence-corrected chi connectivity index (χ1v) is 7.87. The second-order valence-corrected chi connectivity index (χ2v) is 6.93. The summed E-state index contributed by atoms with van der Waals surface area (Å²) in [4.78, 5) is 14.1. The summed E-state index contributed by atoms with van der Waals surface area (Å²) in [6.45, 7) is 0.885. The highest BCUT2D eigenvalue weighted by Gasteiger charge is 2.16. The Morgan fingerprint density at radius 2 is 2.05 bits per heavy atom. The van der Waals surface area contributed by atoms with E-state index < -0.39 is 0 Å². The number of methoxy groups -OCH3 is 1. The molecule has 3 nitrogen and oxygen atoms in total. The minimum atomic E-state index is -0.0412. The van der Waals surface area contributed by atoms with Gasteiger partial charge >= 0.3 is 0 Å². The van der Waals surface area contributed by atoms with Gasteiger partial charge in [0, 0.05) is 12.1 Å². The predicted octanol–water partition coefficient (Wildman–Crippen LogP) is 4.38. The molecule has 0 amide bonds. The van der Waals surface area contributed by atoms with E-state index in [1.54, 1.807) is 13.2 Å². The summed E-state index contributed by atoms with van der Waals surface area (Å²) < 4.78 is 6.27. The first kappa shape index (κ1) is 16.3. The van der Waals surface area contributed by atoms with E-state index >= 15 is 0 Å². The number of likely N-dealkylation sites (N-methyl/N-ethyl adjacent to an activating group) is 1. The highest BCUT2D eigenvalue weighted by Crippen LogP contribution is 2.31. The van der Waals surface area contributed by atoms with E-state index in [0.29, 0.717) is 20.8 Å². The Morgan fingerprint density at radius 3 is 2.67 bits per heavy atom. The molecule has 0 saturated carbocycles. The third kappa shape index (κ3) is 4.20. The fourth-order valence-corrected chi connectivity index (χ4v) is 3.54. The van der Waals surface area contributed by atoms with Crippen molar-refractivity contribution in [2.24, 2.45) is 0 Å². The van der Waals surface area contributed by atoms with Gasteiger partial charge in [0.25, 0.3) is 0 Å². The van der Waals surface area contributed by atoms with E-state index in [1.165, 1.54) is 11.3 Å². The van der Waals surface area contributed by atoms with Gasteiger partial charge in [-0.15, -0.1) is 11.3 Å². The van der Waals surface area contributed by atoms with Crippen LogP contribution in [0.2, 0.25) is 8.67 Å². The van der Waals surface area contributed by atoms with Crippen molar-refractivity contribution in [3.63, 3.8) is 0 Å². The molecule has 112 valence electrons. The Labute approximate surface area is 138 Å². The van der Waals surface area contributed by atoms with Crippen molar-refractivity contribution in [2.45, 2.75) is 6.54 Å². The van der Waals surface area contributed by atoms with Crippen LogP contribution in [0.4, 0.5) is 0 Å². The van der Waals surface area contributed by atoms with Gasteiger partial charge in [-0.1, -0.05) is 41.4 Å². The van der Waals surface area contributed by atoms with Crippen molar-refractivity contribution < 1.29 is 9.53 Å². The van der Waals surface area contributed by atoms with Crippen LogP contribution in [0.1, 0.15) is 15.9 Å². The Balaban J connectivity index is 2.03. The van der Waals surface area contributed by atoms with Crippen LogP contribution in [0.15, 0.2) is 30.3 Å². The maximum atomic E-state index is 12.2. The molecule has 2 rings (SSSR count). The number of para-hydroxylation sites is 1.